The lowest BCUT2D eigenvalue weighted by Crippen LogP contribution is -2.46. The molecule has 0 bridgehead atoms. The molecule has 13 aromatic rings. The number of likely N-dealkylation sites (tertiary alicyclic amines) is 1. The van der Waals surface area contributed by atoms with E-state index < -0.39 is 11.2 Å². The number of hydrogen-bond donors (Lipinski definition) is 7. The highest BCUT2D eigenvalue weighted by molar-refractivity contribution is 6.68. The summed E-state index contributed by atoms with van der Waals surface area (Å²) in [6.07, 6.45) is 10.9. The number of carboxylic acid groups (broad SMARTS) is 1. The number of aromatic nitrogens is 5. The van der Waals surface area contributed by atoms with E-state index in [2.05, 4.69) is 198 Å². The molecule has 5 amide bonds. The third-order valence-corrected chi connectivity index (χ3v) is 23.8. The number of hydrogen-bond acceptors (Lipinski definition) is 14. The van der Waals surface area contributed by atoms with Crippen LogP contribution in [0.15, 0.2) is 292 Å². The summed E-state index contributed by atoms with van der Waals surface area (Å²) < 4.78 is 0. The number of nitrogens with one attached hydrogen (secondary N) is 5. The van der Waals surface area contributed by atoms with E-state index in [-0.39, 0.29) is 102 Å². The van der Waals surface area contributed by atoms with Crippen molar-refractivity contribution in [3.05, 3.63) is 390 Å². The number of aromatic carboxylic acids is 1. The Kier molecular flexibility index (Phi) is 39.2. The van der Waals surface area contributed by atoms with E-state index in [0.29, 0.717) is 51.1 Å². The molecule has 2 saturated heterocycles. The SMILES string of the molecule is CC(C)(C)c1cccc(N)c1.CC(C)(C)c1cccc(NC(=O)[C@H]2CCCN[C@H]2c2ccccc2)c1.CC(C)(C)c1cccc(NC(=O)c2cccnc2-c2ccccc2)c1.CC(C)(C)c1cccc(NC(=O)c2cccnc2Cl)c1.Cc1cc(Cl)cnc1C(=O)N1CCC[C@H](C(=O)Nc2cccc(C(C)(C)C)c2)[C@@H]1c1ccccc1.Cc1cc(Cl)cnc1C(=O)O.O=C(Cl)c1cccnc1Cl. The smallest absolute Gasteiger partial charge is 0.354 e. The maximum absolute atomic E-state index is 13.7. The second-order valence-electron chi connectivity index (χ2n) is 38.4. The minimum absolute atomic E-state index is 0.0230. The lowest BCUT2D eigenvalue weighted by molar-refractivity contribution is -0.123. The van der Waals surface area contributed by atoms with E-state index in [1.165, 1.54) is 46.9 Å². The van der Waals surface area contributed by atoms with Crippen molar-refractivity contribution >= 4 is 127 Å². The zero-order valence-electron chi connectivity index (χ0n) is 80.7. The standard InChI is InChI=1S/C29H32ClN3O2.C22H28N2O.C22H22N2O.C16H17ClN2O.C10H15N.C7H6ClNO2.C6H3Cl2NO/c1-19-16-22(30)18-31-25(19)28(35)33-15-9-14-24(26(33)20-10-6-5-7-11-20)27(34)32-23-13-8-12-21(17-23)29(2,3)4;2*1-22(2,3)17-11-7-12-18(15-17)24-21(25)19-13-8-14-23-20(19)16-9-5-4-6-10-16;1-16(2,3)11-6-4-7-12(10-11)19-15(20)13-8-5-9-18-14(13)17;1-10(2,3)8-5-4-6-9(11)7-8;1-4-2-5(8)3-9-6(4)7(10)11;7-5-4(6(8)10)2-1-3-9-5/h5-8,10-13,16-18,24,26H,9,14-15H2,1-4H3,(H,32,34);4-7,9-12,15,19-20,23H,8,13-14H2,1-3H3,(H,24,25);4-15H,1-3H3,(H,24,25);4-10H,1-3H3,(H,19,20);4-7H,11H2,1-3H3;2-3H,1H3,(H,10,11);1-3H/t24-,26-;19-,20-;;;;;/m00...../s1. The summed E-state index contributed by atoms with van der Waals surface area (Å²) in [5.41, 5.74) is 22.7. The van der Waals surface area contributed by atoms with Crippen LogP contribution in [0.2, 0.25) is 20.4 Å². The molecule has 5 aromatic heterocycles. The van der Waals surface area contributed by atoms with E-state index in [4.69, 9.17) is 68.8 Å². The zero-order valence-corrected chi connectivity index (χ0v) is 84.5. The van der Waals surface area contributed by atoms with Gasteiger partial charge in [-0.15, -0.1) is 0 Å². The van der Waals surface area contributed by atoms with Crippen LogP contribution in [0.4, 0.5) is 28.4 Å². The number of carboxylic acids is 1. The number of anilines is 5. The summed E-state index contributed by atoms with van der Waals surface area (Å²) in [7, 11) is 0. The molecule has 4 atom stereocenters. The van der Waals surface area contributed by atoms with Gasteiger partial charge in [0, 0.05) is 77.6 Å². The Morgan fingerprint density at radius 2 is 0.781 bits per heavy atom. The van der Waals surface area contributed by atoms with Crippen LogP contribution in [0.3, 0.4) is 0 Å². The van der Waals surface area contributed by atoms with Gasteiger partial charge in [0.1, 0.15) is 16.0 Å². The lowest BCUT2D eigenvalue weighted by Gasteiger charge is -2.41. The van der Waals surface area contributed by atoms with Crippen LogP contribution in [0.1, 0.15) is 244 Å². The van der Waals surface area contributed by atoms with Gasteiger partial charge in [0.2, 0.25) is 11.8 Å². The third-order valence-electron chi connectivity index (χ3n) is 22.6. The molecule has 0 unspecified atom stereocenters. The van der Waals surface area contributed by atoms with Crippen molar-refractivity contribution in [2.45, 2.75) is 183 Å². The first-order valence-electron chi connectivity index (χ1n) is 45.3. The van der Waals surface area contributed by atoms with Crippen molar-refractivity contribution in [3.63, 3.8) is 0 Å². The summed E-state index contributed by atoms with van der Waals surface area (Å²) in [6.45, 7) is 37.4. The highest BCUT2D eigenvalue weighted by Crippen LogP contribution is 2.40. The Bertz CT molecular complexity index is 6270. The van der Waals surface area contributed by atoms with Gasteiger partial charge in [0.15, 0.2) is 5.69 Å². The van der Waals surface area contributed by atoms with Gasteiger partial charge >= 0.3 is 5.97 Å². The number of nitrogens with zero attached hydrogens (tertiary/aromatic N) is 6. The van der Waals surface area contributed by atoms with Gasteiger partial charge < -0.3 is 42.3 Å². The maximum atomic E-state index is 13.7. The van der Waals surface area contributed by atoms with Crippen LogP contribution in [0, 0.1) is 25.7 Å². The lowest BCUT2D eigenvalue weighted by atomic mass is 9.83. The van der Waals surface area contributed by atoms with Crippen LogP contribution in [-0.2, 0) is 36.7 Å². The highest BCUT2D eigenvalue weighted by atomic mass is 35.5. The maximum Gasteiger partial charge on any atom is 0.354 e. The van der Waals surface area contributed by atoms with Gasteiger partial charge in [-0.1, -0.05) is 302 Å². The summed E-state index contributed by atoms with van der Waals surface area (Å²) >= 11 is 28.2. The number of nitrogen functional groups attached to an aromatic ring is 1. The van der Waals surface area contributed by atoms with E-state index >= 15 is 0 Å². The Balaban J connectivity index is 0.000000187. The van der Waals surface area contributed by atoms with Crippen molar-refractivity contribution in [1.29, 1.82) is 0 Å². The van der Waals surface area contributed by atoms with Gasteiger partial charge in [-0.05, 0) is 244 Å². The average molecular weight is 1940 g/mol. The molecule has 2 fully saturated rings. The van der Waals surface area contributed by atoms with E-state index in [0.717, 1.165) is 82.1 Å². The molecule has 20 nitrogen and oxygen atoms in total. The summed E-state index contributed by atoms with van der Waals surface area (Å²) in [6, 6.07) is 82.9. The molecule has 0 spiro atoms. The number of rotatable bonds is 14. The Morgan fingerprint density at radius 3 is 1.19 bits per heavy atom. The predicted molar refractivity (Wildman–Crippen MR) is 559 cm³/mol. The Hall–Kier alpha value is -12.8. The molecule has 0 aliphatic carbocycles. The third kappa shape index (κ3) is 32.7. The van der Waals surface area contributed by atoms with Gasteiger partial charge in [0.25, 0.3) is 23.0 Å². The van der Waals surface area contributed by atoms with E-state index in [1.54, 1.807) is 66.7 Å². The fourth-order valence-electron chi connectivity index (χ4n) is 15.0. The zero-order chi connectivity index (χ0) is 100. The fraction of sp³-hybridized carbons (Fsp3) is 0.286. The Morgan fingerprint density at radius 1 is 0.401 bits per heavy atom. The molecular weight excluding hydrogens is 1820 g/mol. The molecule has 2 aliphatic rings. The van der Waals surface area contributed by atoms with Crippen LogP contribution >= 0.6 is 58.0 Å². The quantitative estimate of drug-likeness (QED) is 0.0303. The number of aryl methyl sites for hydroxylation is 2. The second-order valence-corrected chi connectivity index (χ2v) is 40.4. The molecule has 714 valence electrons. The molecule has 0 radical (unpaired) electrons. The molecule has 15 rings (SSSR count). The van der Waals surface area contributed by atoms with Gasteiger partial charge in [-0.3, -0.25) is 33.8 Å². The molecule has 8 aromatic carbocycles. The molecule has 8 N–H and O–H groups in total. The van der Waals surface area contributed by atoms with Crippen LogP contribution < -0.4 is 32.3 Å². The second kappa shape index (κ2) is 49.8. The fourth-order valence-corrected chi connectivity index (χ4v) is 16.1. The normalized spacial score (nSPS) is 14.5. The van der Waals surface area contributed by atoms with Crippen molar-refractivity contribution in [3.8, 4) is 11.3 Å². The number of piperidine rings is 2. The number of halogens is 5. The molecule has 25 heteroatoms. The van der Waals surface area contributed by atoms with Crippen molar-refractivity contribution in [2.24, 2.45) is 11.8 Å². The predicted octanol–water partition coefficient (Wildman–Crippen LogP) is 27.2. The molecule has 0 saturated carbocycles. The summed E-state index contributed by atoms with van der Waals surface area (Å²) in [5.74, 6) is -2.03. The first kappa shape index (κ1) is 108. The van der Waals surface area contributed by atoms with Crippen LogP contribution in [-0.4, -0.2) is 88.8 Å². The topological polar surface area (TPSA) is 294 Å². The summed E-state index contributed by atoms with van der Waals surface area (Å²) in [4.78, 5) is 108. The molecule has 137 heavy (non-hydrogen) atoms. The van der Waals surface area contributed by atoms with Gasteiger partial charge in [-0.2, -0.15) is 0 Å². The van der Waals surface area contributed by atoms with E-state index in [9.17, 15) is 33.6 Å². The summed E-state index contributed by atoms with van der Waals surface area (Å²) in [5, 5.41) is 24.9. The molecule has 7 heterocycles. The molecule has 2 aliphatic heterocycles. The number of benzene rings is 8. The number of pyridine rings is 5. The number of nitrogens with two attached hydrogens (primary N) is 1. The number of amides is 5. The Labute approximate surface area is 831 Å². The monoisotopic (exact) mass is 1940 g/mol. The highest BCUT2D eigenvalue weighted by Gasteiger charge is 2.41. The van der Waals surface area contributed by atoms with Crippen molar-refractivity contribution in [1.82, 2.24) is 35.1 Å². The average Bonchev–Trinajstić information content (AvgIpc) is 0.773. The van der Waals surface area contributed by atoms with Crippen LogP contribution in [0.5, 0.6) is 0 Å². The first-order valence-corrected chi connectivity index (χ1v) is 47.2. The number of carbonyl (C=O) groups excluding carboxylic acids is 6. The number of carbonyl (C=O) groups is 7. The van der Waals surface area contributed by atoms with Gasteiger partial charge in [0.05, 0.1) is 50.3 Å². The van der Waals surface area contributed by atoms with E-state index in [1.807, 2.05) is 177 Å². The van der Waals surface area contributed by atoms with Crippen LogP contribution in [0.25, 0.3) is 11.3 Å². The minimum atomic E-state index is -1.03. The van der Waals surface area contributed by atoms with Crippen molar-refractivity contribution in [2.75, 3.05) is 40.1 Å². The molecular formula is C112H123Cl5N12O8. The first-order chi connectivity index (χ1) is 64.7. The largest absolute Gasteiger partial charge is 0.477 e. The van der Waals surface area contributed by atoms with Crippen molar-refractivity contribution < 1.29 is 38.7 Å². The minimum Gasteiger partial charge on any atom is -0.477 e. The van der Waals surface area contributed by atoms with Gasteiger partial charge in [-0.25, -0.2) is 24.7 Å².